The molecule has 1 N–H and O–H groups in total. The zero-order valence-corrected chi connectivity index (χ0v) is 13.8. The first kappa shape index (κ1) is 15.3. The van der Waals surface area contributed by atoms with E-state index in [2.05, 4.69) is 20.3 Å². The first-order valence-electron chi connectivity index (χ1n) is 7.51. The standard InChI is InChI=1S/C17H13N5O2S/c23-15(9-13-11-22-6-7-25-17(22)21-13)20-12-2-1-3-14(8-12)24-16-10-18-4-5-19-16/h1-8,10-11H,9H2,(H,20,23). The van der Waals surface area contributed by atoms with Crippen LogP contribution in [0.4, 0.5) is 5.69 Å². The van der Waals surface area contributed by atoms with Gasteiger partial charge in [0, 0.05) is 41.9 Å². The summed E-state index contributed by atoms with van der Waals surface area (Å²) in [7, 11) is 0. The Balaban J connectivity index is 1.42. The van der Waals surface area contributed by atoms with E-state index in [1.54, 1.807) is 36.7 Å². The second-order valence-corrected chi connectivity index (χ2v) is 6.10. The van der Waals surface area contributed by atoms with Crippen LogP contribution in [0.3, 0.4) is 0 Å². The lowest BCUT2D eigenvalue weighted by atomic mass is 10.2. The fourth-order valence-corrected chi connectivity index (χ4v) is 3.05. The maximum Gasteiger partial charge on any atom is 0.237 e. The minimum absolute atomic E-state index is 0.137. The minimum atomic E-state index is -0.137. The van der Waals surface area contributed by atoms with Crippen LogP contribution in [0.15, 0.2) is 60.6 Å². The molecule has 0 fully saturated rings. The maximum absolute atomic E-state index is 12.2. The number of nitrogens with zero attached hydrogens (tertiary/aromatic N) is 4. The molecule has 8 heteroatoms. The summed E-state index contributed by atoms with van der Waals surface area (Å²) < 4.78 is 7.51. The fourth-order valence-electron chi connectivity index (χ4n) is 2.33. The van der Waals surface area contributed by atoms with Crippen LogP contribution in [0.5, 0.6) is 11.6 Å². The molecule has 7 nitrogen and oxygen atoms in total. The van der Waals surface area contributed by atoms with Crippen molar-refractivity contribution >= 4 is 27.9 Å². The Hall–Kier alpha value is -3.26. The third-order valence-electron chi connectivity index (χ3n) is 3.36. The molecule has 0 radical (unpaired) electrons. The number of anilines is 1. The minimum Gasteiger partial charge on any atom is -0.437 e. The molecule has 4 aromatic rings. The molecule has 3 aromatic heterocycles. The number of rotatable bonds is 5. The van der Waals surface area contributed by atoms with Crippen molar-refractivity contribution in [3.05, 3.63) is 66.3 Å². The quantitative estimate of drug-likeness (QED) is 0.597. The second kappa shape index (κ2) is 6.70. The van der Waals surface area contributed by atoms with E-state index < -0.39 is 0 Å². The Morgan fingerprint density at radius 3 is 3.12 bits per heavy atom. The number of nitrogens with one attached hydrogen (secondary N) is 1. The molecule has 3 heterocycles. The number of aromatic nitrogens is 4. The molecule has 25 heavy (non-hydrogen) atoms. The highest BCUT2D eigenvalue weighted by molar-refractivity contribution is 7.15. The molecule has 0 unspecified atom stereocenters. The summed E-state index contributed by atoms with van der Waals surface area (Å²) in [6, 6.07) is 7.12. The molecule has 0 aliphatic heterocycles. The van der Waals surface area contributed by atoms with Crippen LogP contribution in [0.25, 0.3) is 4.96 Å². The molecule has 0 spiro atoms. The first-order valence-corrected chi connectivity index (χ1v) is 8.39. The van der Waals surface area contributed by atoms with Crippen LogP contribution in [0, 0.1) is 0 Å². The van der Waals surface area contributed by atoms with Gasteiger partial charge in [0.2, 0.25) is 11.8 Å². The molecule has 0 atom stereocenters. The average Bonchev–Trinajstić information content (AvgIpc) is 3.17. The van der Waals surface area contributed by atoms with Gasteiger partial charge in [-0.25, -0.2) is 9.97 Å². The van der Waals surface area contributed by atoms with Crippen molar-refractivity contribution in [1.29, 1.82) is 0 Å². The molecule has 1 aromatic carbocycles. The number of carbonyl (C=O) groups excluding carboxylic acids is 1. The monoisotopic (exact) mass is 351 g/mol. The molecule has 0 saturated heterocycles. The lowest BCUT2D eigenvalue weighted by Crippen LogP contribution is -2.14. The van der Waals surface area contributed by atoms with Crippen molar-refractivity contribution in [2.45, 2.75) is 6.42 Å². The number of amides is 1. The highest BCUT2D eigenvalue weighted by Crippen LogP contribution is 2.22. The third-order valence-corrected chi connectivity index (χ3v) is 4.14. The van der Waals surface area contributed by atoms with E-state index in [-0.39, 0.29) is 12.3 Å². The smallest absolute Gasteiger partial charge is 0.237 e. The molecule has 0 aliphatic rings. The van der Waals surface area contributed by atoms with Gasteiger partial charge in [0.1, 0.15) is 5.75 Å². The van der Waals surface area contributed by atoms with Gasteiger partial charge >= 0.3 is 0 Å². The summed E-state index contributed by atoms with van der Waals surface area (Å²) in [5.74, 6) is 0.826. The fraction of sp³-hybridized carbons (Fsp3) is 0.0588. The summed E-state index contributed by atoms with van der Waals surface area (Å²) >= 11 is 1.53. The molecule has 124 valence electrons. The van der Waals surface area contributed by atoms with Gasteiger partial charge in [-0.3, -0.25) is 14.2 Å². The first-order chi connectivity index (χ1) is 12.3. The van der Waals surface area contributed by atoms with Gasteiger partial charge in [-0.2, -0.15) is 0 Å². The summed E-state index contributed by atoms with van der Waals surface area (Å²) in [5, 5.41) is 4.81. The van der Waals surface area contributed by atoms with Crippen LogP contribution in [-0.4, -0.2) is 25.3 Å². The van der Waals surface area contributed by atoms with Gasteiger partial charge in [-0.15, -0.1) is 11.3 Å². The predicted octanol–water partition coefficient (Wildman–Crippen LogP) is 3.16. The third kappa shape index (κ3) is 3.64. The van der Waals surface area contributed by atoms with Crippen molar-refractivity contribution in [2.75, 3.05) is 5.32 Å². The van der Waals surface area contributed by atoms with Crippen molar-refractivity contribution < 1.29 is 9.53 Å². The van der Waals surface area contributed by atoms with Crippen LogP contribution >= 0.6 is 11.3 Å². The molecule has 0 saturated carbocycles. The SMILES string of the molecule is O=C(Cc1cn2ccsc2n1)Nc1cccc(Oc2cnccn2)c1. The topological polar surface area (TPSA) is 81.4 Å². The number of hydrogen-bond acceptors (Lipinski definition) is 6. The maximum atomic E-state index is 12.2. The van der Waals surface area contributed by atoms with E-state index in [0.29, 0.717) is 17.3 Å². The highest BCUT2D eigenvalue weighted by atomic mass is 32.1. The van der Waals surface area contributed by atoms with E-state index in [1.807, 2.05) is 22.2 Å². The normalized spacial score (nSPS) is 10.7. The predicted molar refractivity (Wildman–Crippen MR) is 94.0 cm³/mol. The lowest BCUT2D eigenvalue weighted by Gasteiger charge is -2.07. The number of fused-ring (bicyclic) bond motifs is 1. The molecular weight excluding hydrogens is 338 g/mol. The molecule has 0 aliphatic carbocycles. The summed E-state index contributed by atoms with van der Waals surface area (Å²) in [6.07, 6.45) is 8.64. The zero-order chi connectivity index (χ0) is 17.1. The number of imidazole rings is 1. The number of hydrogen-bond donors (Lipinski definition) is 1. The number of benzene rings is 1. The van der Waals surface area contributed by atoms with Crippen molar-refractivity contribution in [3.8, 4) is 11.6 Å². The van der Waals surface area contributed by atoms with Gasteiger partial charge in [0.05, 0.1) is 18.3 Å². The number of thiazole rings is 1. The molecule has 1 amide bonds. The summed E-state index contributed by atoms with van der Waals surface area (Å²) in [5.41, 5.74) is 1.38. The lowest BCUT2D eigenvalue weighted by molar-refractivity contribution is -0.115. The van der Waals surface area contributed by atoms with Crippen LogP contribution < -0.4 is 10.1 Å². The van der Waals surface area contributed by atoms with E-state index in [9.17, 15) is 4.79 Å². The van der Waals surface area contributed by atoms with Crippen molar-refractivity contribution in [2.24, 2.45) is 0 Å². The Morgan fingerprint density at radius 1 is 1.32 bits per heavy atom. The highest BCUT2D eigenvalue weighted by Gasteiger charge is 2.09. The van der Waals surface area contributed by atoms with E-state index >= 15 is 0 Å². The zero-order valence-electron chi connectivity index (χ0n) is 13.0. The van der Waals surface area contributed by atoms with E-state index in [0.717, 1.165) is 10.7 Å². The summed E-state index contributed by atoms with van der Waals surface area (Å²) in [4.78, 5) is 25.5. The van der Waals surface area contributed by atoms with Gasteiger partial charge in [0.25, 0.3) is 0 Å². The van der Waals surface area contributed by atoms with Gasteiger partial charge in [-0.05, 0) is 12.1 Å². The Bertz CT molecular complexity index is 984. The van der Waals surface area contributed by atoms with Crippen molar-refractivity contribution in [1.82, 2.24) is 19.4 Å². The van der Waals surface area contributed by atoms with Gasteiger partial charge in [0.15, 0.2) is 4.96 Å². The van der Waals surface area contributed by atoms with E-state index in [1.165, 1.54) is 17.5 Å². The Morgan fingerprint density at radius 2 is 2.28 bits per heavy atom. The van der Waals surface area contributed by atoms with Gasteiger partial charge in [-0.1, -0.05) is 6.07 Å². The molecule has 4 rings (SSSR count). The largest absolute Gasteiger partial charge is 0.437 e. The number of ether oxygens (including phenoxy) is 1. The van der Waals surface area contributed by atoms with Gasteiger partial charge < -0.3 is 10.1 Å². The van der Waals surface area contributed by atoms with Crippen LogP contribution in [-0.2, 0) is 11.2 Å². The van der Waals surface area contributed by atoms with E-state index in [4.69, 9.17) is 4.74 Å². The molecular formula is C17H13N5O2S. The molecule has 0 bridgehead atoms. The van der Waals surface area contributed by atoms with Crippen LogP contribution in [0.2, 0.25) is 0 Å². The number of carbonyl (C=O) groups is 1. The second-order valence-electron chi connectivity index (χ2n) is 5.22. The Labute approximate surface area is 147 Å². The summed E-state index contributed by atoms with van der Waals surface area (Å²) in [6.45, 7) is 0. The van der Waals surface area contributed by atoms with Crippen molar-refractivity contribution in [3.63, 3.8) is 0 Å². The van der Waals surface area contributed by atoms with Crippen LogP contribution in [0.1, 0.15) is 5.69 Å². The average molecular weight is 351 g/mol. The Kier molecular flexibility index (Phi) is 4.09.